The number of benzene rings is 3. The minimum absolute atomic E-state index is 0.296. The summed E-state index contributed by atoms with van der Waals surface area (Å²) in [7, 11) is 0. The lowest BCUT2D eigenvalue weighted by atomic mass is 10.0. The third-order valence-corrected chi connectivity index (χ3v) is 6.00. The molecule has 0 spiro atoms. The van der Waals surface area contributed by atoms with Crippen molar-refractivity contribution in [3.05, 3.63) is 87.9 Å². The number of aliphatic carboxylic acids is 2. The lowest BCUT2D eigenvalue weighted by molar-refractivity contribution is -0.143. The molecule has 8 heteroatoms. The van der Waals surface area contributed by atoms with E-state index in [1.807, 2.05) is 30.3 Å². The molecule has 1 aliphatic heterocycles. The van der Waals surface area contributed by atoms with Gasteiger partial charge < -0.3 is 25.6 Å². The Morgan fingerprint density at radius 3 is 2.08 bits per heavy atom. The molecule has 0 saturated heterocycles. The SMILES string of the molecule is Cc1ccc(Oc2ccc(CNc3c(Cl)ccc4c3CCNCC4)cc2)cc1.O=C(O)CCC(=O)O. The smallest absolute Gasteiger partial charge is 0.303 e. The molecule has 36 heavy (non-hydrogen) atoms. The highest BCUT2D eigenvalue weighted by molar-refractivity contribution is 6.33. The van der Waals surface area contributed by atoms with E-state index in [1.165, 1.54) is 22.3 Å². The molecule has 190 valence electrons. The van der Waals surface area contributed by atoms with Crippen LogP contribution in [-0.4, -0.2) is 35.2 Å². The van der Waals surface area contributed by atoms with Gasteiger partial charge in [0.1, 0.15) is 11.5 Å². The fourth-order valence-electron chi connectivity index (χ4n) is 3.76. The van der Waals surface area contributed by atoms with Crippen LogP contribution >= 0.6 is 11.6 Å². The first-order valence-electron chi connectivity index (χ1n) is 11.8. The van der Waals surface area contributed by atoms with Gasteiger partial charge >= 0.3 is 11.9 Å². The molecule has 0 amide bonds. The maximum Gasteiger partial charge on any atom is 0.303 e. The Labute approximate surface area is 216 Å². The van der Waals surface area contributed by atoms with Crippen LogP contribution in [0.2, 0.25) is 5.02 Å². The van der Waals surface area contributed by atoms with E-state index in [4.69, 9.17) is 26.6 Å². The number of carbonyl (C=O) groups is 2. The van der Waals surface area contributed by atoms with E-state index in [-0.39, 0.29) is 12.8 Å². The molecular formula is C28H31ClN2O5. The lowest BCUT2D eigenvalue weighted by Crippen LogP contribution is -2.16. The summed E-state index contributed by atoms with van der Waals surface area (Å²) in [6, 6.07) is 20.4. The van der Waals surface area contributed by atoms with Gasteiger partial charge in [0.2, 0.25) is 0 Å². The van der Waals surface area contributed by atoms with Gasteiger partial charge in [-0.1, -0.05) is 47.5 Å². The van der Waals surface area contributed by atoms with Crippen molar-refractivity contribution in [1.82, 2.24) is 5.32 Å². The molecule has 7 nitrogen and oxygen atoms in total. The molecule has 4 rings (SSSR count). The zero-order chi connectivity index (χ0) is 25.9. The van der Waals surface area contributed by atoms with Crippen molar-refractivity contribution in [3.8, 4) is 11.5 Å². The molecule has 1 heterocycles. The van der Waals surface area contributed by atoms with Gasteiger partial charge in [0.15, 0.2) is 0 Å². The molecule has 4 N–H and O–H groups in total. The van der Waals surface area contributed by atoms with E-state index in [2.05, 4.69) is 47.9 Å². The first-order valence-corrected chi connectivity index (χ1v) is 12.2. The van der Waals surface area contributed by atoms with Gasteiger partial charge in [-0.2, -0.15) is 0 Å². The van der Waals surface area contributed by atoms with Crippen LogP contribution in [0.3, 0.4) is 0 Å². The van der Waals surface area contributed by atoms with Crippen molar-refractivity contribution in [1.29, 1.82) is 0 Å². The van der Waals surface area contributed by atoms with E-state index in [1.54, 1.807) is 0 Å². The number of anilines is 1. The summed E-state index contributed by atoms with van der Waals surface area (Å²) in [5.41, 5.74) is 6.22. The number of carboxylic acids is 2. The van der Waals surface area contributed by atoms with E-state index in [9.17, 15) is 9.59 Å². The number of fused-ring (bicyclic) bond motifs is 1. The van der Waals surface area contributed by atoms with Gasteiger partial charge in [0.25, 0.3) is 0 Å². The molecule has 3 aromatic rings. The highest BCUT2D eigenvalue weighted by atomic mass is 35.5. The van der Waals surface area contributed by atoms with Gasteiger partial charge in [-0.25, -0.2) is 0 Å². The van der Waals surface area contributed by atoms with Crippen LogP contribution in [0.25, 0.3) is 0 Å². The number of halogens is 1. The predicted molar refractivity (Wildman–Crippen MR) is 141 cm³/mol. The van der Waals surface area contributed by atoms with Crippen LogP contribution < -0.4 is 15.4 Å². The molecule has 0 fully saturated rings. The summed E-state index contributed by atoms with van der Waals surface area (Å²) in [6.07, 6.45) is 1.46. The summed E-state index contributed by atoms with van der Waals surface area (Å²) in [6.45, 7) is 4.82. The van der Waals surface area contributed by atoms with Crippen molar-refractivity contribution in [2.45, 2.75) is 39.2 Å². The summed E-state index contributed by atoms with van der Waals surface area (Å²) < 4.78 is 5.91. The first kappa shape index (κ1) is 27.0. The molecule has 0 saturated carbocycles. The molecule has 0 aromatic heterocycles. The highest BCUT2D eigenvalue weighted by Crippen LogP contribution is 2.31. The van der Waals surface area contributed by atoms with Crippen molar-refractivity contribution in [2.24, 2.45) is 0 Å². The normalized spacial score (nSPS) is 12.4. The number of carboxylic acid groups (broad SMARTS) is 2. The summed E-state index contributed by atoms with van der Waals surface area (Å²) in [4.78, 5) is 19.3. The minimum atomic E-state index is -1.08. The van der Waals surface area contributed by atoms with Crippen LogP contribution in [0.1, 0.15) is 35.1 Å². The number of ether oxygens (including phenoxy) is 1. The average Bonchev–Trinajstić information content (AvgIpc) is 3.11. The third kappa shape index (κ3) is 8.59. The van der Waals surface area contributed by atoms with Gasteiger partial charge in [-0.3, -0.25) is 9.59 Å². The van der Waals surface area contributed by atoms with Gasteiger partial charge in [-0.05, 0) is 79.9 Å². The number of nitrogens with one attached hydrogen (secondary N) is 2. The molecule has 0 unspecified atom stereocenters. The molecule has 0 radical (unpaired) electrons. The van der Waals surface area contributed by atoms with Crippen molar-refractivity contribution in [3.63, 3.8) is 0 Å². The zero-order valence-electron chi connectivity index (χ0n) is 20.2. The summed E-state index contributed by atoms with van der Waals surface area (Å²) >= 11 is 6.50. The van der Waals surface area contributed by atoms with Gasteiger partial charge in [-0.15, -0.1) is 0 Å². The largest absolute Gasteiger partial charge is 0.481 e. The zero-order valence-corrected chi connectivity index (χ0v) is 21.0. The van der Waals surface area contributed by atoms with Crippen molar-refractivity contribution in [2.75, 3.05) is 18.4 Å². The van der Waals surface area contributed by atoms with Crippen LogP contribution in [-0.2, 0) is 29.0 Å². The standard InChI is InChI=1S/C24H25ClN2O.C4H6O4/c1-17-2-7-20(8-3-17)28-21-9-4-18(5-10-21)16-27-24-22-13-15-26-14-12-19(22)6-11-23(24)25;5-3(6)1-2-4(7)8/h2-11,26-27H,12-16H2,1H3;1-2H2,(H,5,6)(H,7,8). The number of hydrogen-bond donors (Lipinski definition) is 4. The molecule has 0 aliphatic carbocycles. The van der Waals surface area contributed by atoms with Crippen molar-refractivity contribution < 1.29 is 24.5 Å². The number of aryl methyl sites for hydroxylation is 1. The minimum Gasteiger partial charge on any atom is -0.481 e. The maximum atomic E-state index is 9.64. The Morgan fingerprint density at radius 2 is 1.47 bits per heavy atom. The maximum absolute atomic E-state index is 9.64. The average molecular weight is 511 g/mol. The summed E-state index contributed by atoms with van der Waals surface area (Å²) in [5, 5.41) is 23.6. The number of hydrogen-bond acceptors (Lipinski definition) is 5. The first-order chi connectivity index (χ1) is 17.3. The molecule has 0 bridgehead atoms. The van der Waals surface area contributed by atoms with E-state index in [0.717, 1.165) is 54.7 Å². The number of rotatable bonds is 8. The second-order valence-electron chi connectivity index (χ2n) is 8.51. The van der Waals surface area contributed by atoms with Crippen molar-refractivity contribution >= 4 is 29.2 Å². The molecule has 1 aliphatic rings. The Balaban J connectivity index is 0.000000392. The second kappa shape index (κ2) is 13.5. The van der Waals surface area contributed by atoms with Crippen LogP contribution in [0.15, 0.2) is 60.7 Å². The molecule has 3 aromatic carbocycles. The van der Waals surface area contributed by atoms with Gasteiger partial charge in [0.05, 0.1) is 23.6 Å². The molecular weight excluding hydrogens is 480 g/mol. The summed E-state index contributed by atoms with van der Waals surface area (Å²) in [5.74, 6) is -0.464. The quantitative estimate of drug-likeness (QED) is 0.309. The second-order valence-corrected chi connectivity index (χ2v) is 8.92. The lowest BCUT2D eigenvalue weighted by Gasteiger charge is -2.16. The Morgan fingerprint density at radius 1 is 0.889 bits per heavy atom. The third-order valence-electron chi connectivity index (χ3n) is 5.68. The Kier molecular flexibility index (Phi) is 10.2. The Hall–Kier alpha value is -3.55. The monoisotopic (exact) mass is 510 g/mol. The topological polar surface area (TPSA) is 108 Å². The van der Waals surface area contributed by atoms with Crippen LogP contribution in [0, 0.1) is 6.92 Å². The molecule has 0 atom stereocenters. The fraction of sp³-hybridized carbons (Fsp3) is 0.286. The fourth-order valence-corrected chi connectivity index (χ4v) is 4.00. The Bertz CT molecular complexity index is 1150. The van der Waals surface area contributed by atoms with Crippen LogP contribution in [0.5, 0.6) is 11.5 Å². The highest BCUT2D eigenvalue weighted by Gasteiger charge is 2.14. The van der Waals surface area contributed by atoms with Gasteiger partial charge in [0, 0.05) is 6.54 Å². The van der Waals surface area contributed by atoms with E-state index >= 15 is 0 Å². The van der Waals surface area contributed by atoms with Crippen LogP contribution in [0.4, 0.5) is 5.69 Å². The van der Waals surface area contributed by atoms with E-state index < -0.39 is 11.9 Å². The predicted octanol–water partition coefficient (Wildman–Crippen LogP) is 5.68. The van der Waals surface area contributed by atoms with E-state index in [0.29, 0.717) is 0 Å².